The minimum absolute atomic E-state index is 0.0292. The van der Waals surface area contributed by atoms with E-state index in [0.29, 0.717) is 11.3 Å². The number of carbonyl (C=O) groups is 1. The summed E-state index contributed by atoms with van der Waals surface area (Å²) in [7, 11) is 0. The number of fused-ring (bicyclic) bond motifs is 1. The number of hydrogen-bond acceptors (Lipinski definition) is 3. The van der Waals surface area contributed by atoms with Gasteiger partial charge in [-0.3, -0.25) is 4.79 Å². The molecule has 0 bridgehead atoms. The van der Waals surface area contributed by atoms with Crippen molar-refractivity contribution in [2.24, 2.45) is 0 Å². The van der Waals surface area contributed by atoms with Crippen LogP contribution < -0.4 is 10.6 Å². The Bertz CT molecular complexity index is 774. The molecule has 21 heavy (non-hydrogen) atoms. The zero-order chi connectivity index (χ0) is 15.0. The van der Waals surface area contributed by atoms with Crippen molar-refractivity contribution in [3.63, 3.8) is 0 Å². The lowest BCUT2D eigenvalue weighted by molar-refractivity contribution is -0.110. The third kappa shape index (κ3) is 2.43. The Kier molecular flexibility index (Phi) is 3.27. The molecule has 0 unspecified atom stereocenters. The highest BCUT2D eigenvalue weighted by Gasteiger charge is 2.23. The molecule has 0 saturated carbocycles. The SMILES string of the molecule is O=C1Nc2ccccc2/C1=C\Nc1cc(O)c(Cl)cc1F. The van der Waals surface area contributed by atoms with Crippen molar-refractivity contribution in [3.05, 3.63) is 59.0 Å². The summed E-state index contributed by atoms with van der Waals surface area (Å²) < 4.78 is 13.7. The summed E-state index contributed by atoms with van der Waals surface area (Å²) in [6, 6.07) is 9.35. The molecule has 0 radical (unpaired) electrons. The first-order chi connectivity index (χ1) is 10.1. The van der Waals surface area contributed by atoms with Crippen LogP contribution >= 0.6 is 11.6 Å². The number of carbonyl (C=O) groups excluding carboxylic acids is 1. The van der Waals surface area contributed by atoms with Crippen LogP contribution in [0.2, 0.25) is 5.02 Å². The molecule has 0 aliphatic carbocycles. The monoisotopic (exact) mass is 304 g/mol. The molecule has 1 aliphatic rings. The van der Waals surface area contributed by atoms with Crippen molar-refractivity contribution < 1.29 is 14.3 Å². The second kappa shape index (κ2) is 5.10. The van der Waals surface area contributed by atoms with Gasteiger partial charge in [0.15, 0.2) is 0 Å². The molecule has 106 valence electrons. The summed E-state index contributed by atoms with van der Waals surface area (Å²) in [5, 5.41) is 14.8. The van der Waals surface area contributed by atoms with Crippen LogP contribution in [0.15, 0.2) is 42.6 Å². The van der Waals surface area contributed by atoms with Crippen molar-refractivity contribution in [3.8, 4) is 5.75 Å². The molecule has 1 heterocycles. The van der Waals surface area contributed by atoms with Gasteiger partial charge in [-0.1, -0.05) is 29.8 Å². The molecule has 3 N–H and O–H groups in total. The molecule has 2 aromatic carbocycles. The van der Waals surface area contributed by atoms with Gasteiger partial charge >= 0.3 is 0 Å². The Balaban J connectivity index is 1.94. The second-order valence-electron chi connectivity index (χ2n) is 4.49. The van der Waals surface area contributed by atoms with E-state index in [-0.39, 0.29) is 22.4 Å². The van der Waals surface area contributed by atoms with Crippen LogP contribution in [0.5, 0.6) is 5.75 Å². The molecular weight excluding hydrogens is 295 g/mol. The predicted octanol–water partition coefficient (Wildman–Crippen LogP) is 3.59. The minimum Gasteiger partial charge on any atom is -0.506 e. The summed E-state index contributed by atoms with van der Waals surface area (Å²) >= 11 is 5.61. The maximum absolute atomic E-state index is 13.7. The molecule has 0 saturated heterocycles. The fourth-order valence-corrected chi connectivity index (χ4v) is 2.23. The molecule has 6 heteroatoms. The number of phenolic OH excluding ortho intramolecular Hbond substituents is 1. The third-order valence-electron chi connectivity index (χ3n) is 3.12. The highest BCUT2D eigenvalue weighted by Crippen LogP contribution is 2.32. The van der Waals surface area contributed by atoms with E-state index in [9.17, 15) is 14.3 Å². The lowest BCUT2D eigenvalue weighted by Crippen LogP contribution is -2.05. The first kappa shape index (κ1) is 13.5. The Hall–Kier alpha value is -2.53. The van der Waals surface area contributed by atoms with Crippen molar-refractivity contribution in [1.29, 1.82) is 0 Å². The van der Waals surface area contributed by atoms with Gasteiger partial charge in [0.05, 0.1) is 16.3 Å². The number of aromatic hydroxyl groups is 1. The number of phenols is 1. The smallest absolute Gasteiger partial charge is 0.257 e. The van der Waals surface area contributed by atoms with Gasteiger partial charge in [-0.25, -0.2) is 4.39 Å². The largest absolute Gasteiger partial charge is 0.506 e. The Morgan fingerprint density at radius 2 is 2.05 bits per heavy atom. The first-order valence-corrected chi connectivity index (χ1v) is 6.49. The maximum Gasteiger partial charge on any atom is 0.257 e. The number of para-hydroxylation sites is 1. The maximum atomic E-state index is 13.7. The molecular formula is C15H10ClFN2O2. The summed E-state index contributed by atoms with van der Waals surface area (Å²) in [6.07, 6.45) is 1.40. The van der Waals surface area contributed by atoms with E-state index in [2.05, 4.69) is 10.6 Å². The average Bonchev–Trinajstić information content (AvgIpc) is 2.77. The van der Waals surface area contributed by atoms with E-state index in [1.807, 2.05) is 12.1 Å². The Morgan fingerprint density at radius 3 is 2.86 bits per heavy atom. The number of nitrogens with one attached hydrogen (secondary N) is 2. The molecule has 4 nitrogen and oxygen atoms in total. The van der Waals surface area contributed by atoms with Gasteiger partial charge in [0.1, 0.15) is 11.6 Å². The van der Waals surface area contributed by atoms with Crippen molar-refractivity contribution in [2.75, 3.05) is 10.6 Å². The number of halogens is 2. The molecule has 1 aliphatic heterocycles. The standard InChI is InChI=1S/C15H10ClFN2O2/c16-10-5-11(17)13(6-14(10)20)18-7-9-8-3-1-2-4-12(8)19-15(9)21/h1-7,18,20H,(H,19,21)/b9-7+. The second-order valence-corrected chi connectivity index (χ2v) is 4.89. The number of anilines is 2. The molecule has 2 aromatic rings. The van der Waals surface area contributed by atoms with Crippen LogP contribution in [0.1, 0.15) is 5.56 Å². The van der Waals surface area contributed by atoms with E-state index < -0.39 is 5.82 Å². The fraction of sp³-hybridized carbons (Fsp3) is 0. The van der Waals surface area contributed by atoms with E-state index >= 15 is 0 Å². The van der Waals surface area contributed by atoms with Crippen LogP contribution in [-0.4, -0.2) is 11.0 Å². The highest BCUT2D eigenvalue weighted by molar-refractivity contribution is 6.32. The number of benzene rings is 2. The van der Waals surface area contributed by atoms with Crippen LogP contribution in [-0.2, 0) is 4.79 Å². The molecule has 3 rings (SSSR count). The summed E-state index contributed by atoms with van der Waals surface area (Å²) in [5.41, 5.74) is 1.85. The summed E-state index contributed by atoms with van der Waals surface area (Å²) in [6.45, 7) is 0. The summed E-state index contributed by atoms with van der Waals surface area (Å²) in [5.74, 6) is -1.14. The van der Waals surface area contributed by atoms with Gasteiger partial charge in [-0.05, 0) is 12.1 Å². The molecule has 0 atom stereocenters. The Labute approximate surface area is 124 Å². The predicted molar refractivity (Wildman–Crippen MR) is 79.7 cm³/mol. The zero-order valence-corrected chi connectivity index (χ0v) is 11.4. The van der Waals surface area contributed by atoms with E-state index in [1.54, 1.807) is 12.1 Å². The lowest BCUT2D eigenvalue weighted by Gasteiger charge is -2.06. The van der Waals surface area contributed by atoms with Crippen molar-refractivity contribution in [1.82, 2.24) is 0 Å². The molecule has 0 aromatic heterocycles. The normalized spacial score (nSPS) is 15.0. The van der Waals surface area contributed by atoms with E-state index in [0.717, 1.165) is 17.7 Å². The third-order valence-corrected chi connectivity index (χ3v) is 3.42. The van der Waals surface area contributed by atoms with E-state index in [1.165, 1.54) is 6.20 Å². The topological polar surface area (TPSA) is 61.4 Å². The van der Waals surface area contributed by atoms with Gasteiger partial charge in [0.2, 0.25) is 0 Å². The first-order valence-electron chi connectivity index (χ1n) is 6.12. The fourth-order valence-electron chi connectivity index (χ4n) is 2.08. The van der Waals surface area contributed by atoms with E-state index in [4.69, 9.17) is 11.6 Å². The van der Waals surface area contributed by atoms with Crippen LogP contribution in [0.4, 0.5) is 15.8 Å². The lowest BCUT2D eigenvalue weighted by atomic mass is 10.1. The summed E-state index contributed by atoms with van der Waals surface area (Å²) in [4.78, 5) is 11.9. The van der Waals surface area contributed by atoms with Gasteiger partial charge < -0.3 is 15.7 Å². The van der Waals surface area contributed by atoms with Crippen LogP contribution in [0, 0.1) is 5.82 Å². The molecule has 1 amide bonds. The molecule has 0 spiro atoms. The average molecular weight is 305 g/mol. The van der Waals surface area contributed by atoms with Gasteiger partial charge in [0.25, 0.3) is 5.91 Å². The van der Waals surface area contributed by atoms with Crippen molar-refractivity contribution in [2.45, 2.75) is 0 Å². The quantitative estimate of drug-likeness (QED) is 0.743. The van der Waals surface area contributed by atoms with Crippen LogP contribution in [0.25, 0.3) is 5.57 Å². The number of amides is 1. The van der Waals surface area contributed by atoms with Crippen LogP contribution in [0.3, 0.4) is 0 Å². The zero-order valence-electron chi connectivity index (χ0n) is 10.7. The minimum atomic E-state index is -0.624. The Morgan fingerprint density at radius 1 is 1.29 bits per heavy atom. The van der Waals surface area contributed by atoms with Gasteiger partial charge in [0, 0.05) is 23.5 Å². The van der Waals surface area contributed by atoms with Gasteiger partial charge in [-0.15, -0.1) is 0 Å². The number of rotatable bonds is 2. The van der Waals surface area contributed by atoms with Crippen molar-refractivity contribution >= 4 is 34.5 Å². The van der Waals surface area contributed by atoms with Gasteiger partial charge in [-0.2, -0.15) is 0 Å². The highest BCUT2D eigenvalue weighted by atomic mass is 35.5. The molecule has 0 fully saturated rings. The number of hydrogen-bond donors (Lipinski definition) is 3.